The molecule has 1 heterocycles. The first-order valence-corrected chi connectivity index (χ1v) is 27.2. The van der Waals surface area contributed by atoms with E-state index < -0.39 is 41.0 Å². The predicted molar refractivity (Wildman–Crippen MR) is 269 cm³/mol. The Morgan fingerprint density at radius 3 is 2.15 bits per heavy atom. The molecule has 5 fully saturated rings. The SMILES string of the molecule is COC(=O)[C@]12CCC(C)(C)C[C@H]1C1=CC[C@@H]3[C@@]4(C)CC[C@H](OC(=O)CCCCC(=O)N5CC[C@@]67C[C@H](OC(C)=O)[C@H](OC(C)=O)C(OC)=C6[C@@H]5Cc5ccc(OC)c(O)c57)C(C)(C)[C@@H]4CC[C@@]3(C)[C@]1(C)CC2. The molecule has 7 aliphatic carbocycles. The van der Waals surface area contributed by atoms with Crippen LogP contribution in [0.2, 0.25) is 0 Å². The summed E-state index contributed by atoms with van der Waals surface area (Å²) in [6.45, 7) is 20.0. The molecule has 1 saturated heterocycles. The van der Waals surface area contributed by atoms with Gasteiger partial charge >= 0.3 is 23.9 Å². The van der Waals surface area contributed by atoms with Crippen molar-refractivity contribution in [2.75, 3.05) is 27.9 Å². The average molecular weight is 998 g/mol. The van der Waals surface area contributed by atoms with Gasteiger partial charge in [0.05, 0.1) is 32.8 Å². The third kappa shape index (κ3) is 7.90. The van der Waals surface area contributed by atoms with Gasteiger partial charge in [-0.15, -0.1) is 0 Å². The molecule has 0 radical (unpaired) electrons. The summed E-state index contributed by atoms with van der Waals surface area (Å²) in [7, 11) is 4.55. The van der Waals surface area contributed by atoms with Gasteiger partial charge in [0, 0.05) is 61.6 Å². The van der Waals surface area contributed by atoms with Crippen LogP contribution in [0.4, 0.5) is 0 Å². The zero-order valence-electron chi connectivity index (χ0n) is 45.4. The number of methoxy groups -OCH3 is 3. The molecule has 0 aromatic heterocycles. The van der Waals surface area contributed by atoms with Crippen molar-refractivity contribution in [1.29, 1.82) is 0 Å². The number of phenols is 1. The molecule has 13 nitrogen and oxygen atoms in total. The largest absolute Gasteiger partial charge is 0.504 e. The van der Waals surface area contributed by atoms with E-state index in [0.29, 0.717) is 61.1 Å². The van der Waals surface area contributed by atoms with Gasteiger partial charge in [0.1, 0.15) is 18.0 Å². The number of fused-ring (bicyclic) bond motifs is 8. The van der Waals surface area contributed by atoms with E-state index in [0.717, 1.165) is 75.3 Å². The maximum Gasteiger partial charge on any atom is 0.312 e. The minimum absolute atomic E-state index is 0.00224. The molecular weight excluding hydrogens is 915 g/mol. The molecule has 12 atom stereocenters. The molecule has 1 N–H and O–H groups in total. The number of benzene rings is 1. The Kier molecular flexibility index (Phi) is 13.4. The summed E-state index contributed by atoms with van der Waals surface area (Å²) in [4.78, 5) is 68.7. The highest BCUT2D eigenvalue weighted by atomic mass is 16.6. The lowest BCUT2D eigenvalue weighted by molar-refractivity contribution is -0.214. The van der Waals surface area contributed by atoms with Crippen molar-refractivity contribution in [3.8, 4) is 11.5 Å². The van der Waals surface area contributed by atoms with E-state index in [9.17, 15) is 29.1 Å². The van der Waals surface area contributed by atoms with E-state index in [1.54, 1.807) is 13.2 Å². The van der Waals surface area contributed by atoms with E-state index >= 15 is 0 Å². The van der Waals surface area contributed by atoms with Crippen molar-refractivity contribution in [2.24, 2.45) is 50.2 Å². The molecule has 1 aromatic carbocycles. The predicted octanol–water partition coefficient (Wildman–Crippen LogP) is 10.4. The van der Waals surface area contributed by atoms with Crippen molar-refractivity contribution in [3.05, 3.63) is 46.2 Å². The molecular formula is C59H83NO12. The summed E-state index contributed by atoms with van der Waals surface area (Å²) in [5, 5.41) is 11.7. The summed E-state index contributed by atoms with van der Waals surface area (Å²) in [6, 6.07) is 3.16. The Bertz CT molecular complexity index is 2450. The number of esters is 4. The number of carbonyl (C=O) groups is 5. The van der Waals surface area contributed by atoms with Crippen LogP contribution in [0.5, 0.6) is 11.5 Å². The third-order valence-electron chi connectivity index (χ3n) is 21.4. The summed E-state index contributed by atoms with van der Waals surface area (Å²) in [5.74, 6) is 0.268. The van der Waals surface area contributed by atoms with Gasteiger partial charge in [-0.1, -0.05) is 66.2 Å². The van der Waals surface area contributed by atoms with Crippen LogP contribution in [-0.4, -0.2) is 92.0 Å². The molecule has 1 aromatic rings. The number of rotatable bonds is 11. The van der Waals surface area contributed by atoms with E-state index in [4.69, 9.17) is 28.4 Å². The van der Waals surface area contributed by atoms with Gasteiger partial charge in [-0.2, -0.15) is 0 Å². The Hall–Kier alpha value is -4.55. The lowest BCUT2D eigenvalue weighted by Crippen LogP contribution is -2.65. The minimum Gasteiger partial charge on any atom is -0.504 e. The molecule has 0 unspecified atom stereocenters. The lowest BCUT2D eigenvalue weighted by Gasteiger charge is -2.71. The monoisotopic (exact) mass is 998 g/mol. The molecule has 8 aliphatic rings. The van der Waals surface area contributed by atoms with E-state index in [2.05, 4.69) is 54.5 Å². The van der Waals surface area contributed by atoms with Crippen molar-refractivity contribution < 1.29 is 57.5 Å². The highest BCUT2D eigenvalue weighted by Gasteiger charge is 2.70. The molecule has 2 bridgehead atoms. The fourth-order valence-electron chi connectivity index (χ4n) is 17.8. The standard InChI is InChI=1S/C59H83NO12/c1-34(61)70-41-33-59-29-30-60(39(48(59)51(68-11)50(41)71-35(2)62)31-36-17-19-40(67-10)49(65)47(36)59)45(63)15-13-14-16-46(64)72-44-22-23-55(7)42(54(44,5)6)21-24-57(9)43(55)20-18-37-38-32-53(3,4)25-27-58(38,52(66)69-12)28-26-56(37,57)8/h17-19,38-39,41-44,50,65H,13-16,20-33H2,1-12H3/t38-,39-,41-,42-,43+,44-,50-,55-,56+,57+,58-,59-/m0/s1. The summed E-state index contributed by atoms with van der Waals surface area (Å²) >= 11 is 0. The lowest BCUT2D eigenvalue weighted by atomic mass is 9.33. The number of hydrogen-bond acceptors (Lipinski definition) is 12. The first kappa shape index (κ1) is 52.3. The zero-order valence-corrected chi connectivity index (χ0v) is 45.4. The van der Waals surface area contributed by atoms with Crippen LogP contribution < -0.4 is 4.74 Å². The van der Waals surface area contributed by atoms with Gasteiger partial charge in [0.2, 0.25) is 5.91 Å². The number of nitrogens with zero attached hydrogens (tertiary/aromatic N) is 1. The van der Waals surface area contributed by atoms with Crippen LogP contribution >= 0.6 is 0 Å². The number of aromatic hydroxyl groups is 1. The molecule has 13 heteroatoms. The Balaban J connectivity index is 0.866. The second-order valence-electron chi connectivity index (χ2n) is 25.6. The number of phenolic OH excluding ortho intramolecular Hbond substituents is 1. The summed E-state index contributed by atoms with van der Waals surface area (Å²) in [6.07, 6.45) is 12.8. The number of allylic oxidation sites excluding steroid dienone is 2. The van der Waals surface area contributed by atoms with Gasteiger partial charge in [0.25, 0.3) is 0 Å². The third-order valence-corrected chi connectivity index (χ3v) is 21.4. The number of carbonyl (C=O) groups excluding carboxylic acids is 5. The van der Waals surface area contributed by atoms with Gasteiger partial charge < -0.3 is 38.4 Å². The smallest absolute Gasteiger partial charge is 0.312 e. The molecule has 1 aliphatic heterocycles. The number of ether oxygens (including phenoxy) is 6. The van der Waals surface area contributed by atoms with E-state index in [1.165, 1.54) is 33.6 Å². The Morgan fingerprint density at radius 2 is 1.47 bits per heavy atom. The molecule has 0 spiro atoms. The van der Waals surface area contributed by atoms with Crippen LogP contribution in [0.25, 0.3) is 0 Å². The van der Waals surface area contributed by atoms with Crippen LogP contribution in [0.15, 0.2) is 35.1 Å². The second kappa shape index (κ2) is 18.4. The van der Waals surface area contributed by atoms with Gasteiger partial charge in [0.15, 0.2) is 17.6 Å². The number of likely N-dealkylation sites (tertiary alicyclic amines) is 1. The van der Waals surface area contributed by atoms with E-state index in [-0.39, 0.29) is 82.0 Å². The highest BCUT2D eigenvalue weighted by molar-refractivity contribution is 5.80. The van der Waals surface area contributed by atoms with Crippen LogP contribution in [-0.2, 0) is 59.5 Å². The van der Waals surface area contributed by atoms with E-state index in [1.807, 2.05) is 11.0 Å². The zero-order chi connectivity index (χ0) is 52.1. The maximum atomic E-state index is 14.4. The topological polar surface area (TPSA) is 164 Å². The van der Waals surface area contributed by atoms with Crippen LogP contribution in [0.1, 0.15) is 176 Å². The van der Waals surface area contributed by atoms with Crippen LogP contribution in [0, 0.1) is 50.2 Å². The number of amides is 1. The summed E-state index contributed by atoms with van der Waals surface area (Å²) in [5.41, 5.74) is 2.53. The molecule has 396 valence electrons. The van der Waals surface area contributed by atoms with Crippen molar-refractivity contribution in [1.82, 2.24) is 4.90 Å². The van der Waals surface area contributed by atoms with Gasteiger partial charge in [-0.25, -0.2) is 0 Å². The van der Waals surface area contributed by atoms with Crippen LogP contribution in [0.3, 0.4) is 0 Å². The summed E-state index contributed by atoms with van der Waals surface area (Å²) < 4.78 is 35.3. The second-order valence-corrected chi connectivity index (χ2v) is 25.6. The normalized spacial score (nSPS) is 37.9. The quantitative estimate of drug-likeness (QED) is 0.0967. The fourth-order valence-corrected chi connectivity index (χ4v) is 17.8. The molecule has 72 heavy (non-hydrogen) atoms. The van der Waals surface area contributed by atoms with Crippen molar-refractivity contribution in [2.45, 2.75) is 201 Å². The Labute approximate surface area is 427 Å². The number of piperidine rings is 1. The Morgan fingerprint density at radius 1 is 0.764 bits per heavy atom. The first-order chi connectivity index (χ1) is 33.9. The van der Waals surface area contributed by atoms with Gasteiger partial charge in [-0.3, -0.25) is 24.0 Å². The molecule has 1 amide bonds. The number of hydrogen-bond donors (Lipinski definition) is 1. The molecule has 4 saturated carbocycles. The number of unbranched alkanes of at least 4 members (excludes halogenated alkanes) is 1. The fraction of sp³-hybridized carbons (Fsp3) is 0.746. The van der Waals surface area contributed by atoms with Gasteiger partial charge in [-0.05, 0) is 141 Å². The maximum absolute atomic E-state index is 14.4. The first-order valence-electron chi connectivity index (χ1n) is 27.2. The highest BCUT2D eigenvalue weighted by Crippen LogP contribution is 2.76. The van der Waals surface area contributed by atoms with Crippen molar-refractivity contribution in [3.63, 3.8) is 0 Å². The molecule has 9 rings (SSSR count). The minimum atomic E-state index is -1.04. The average Bonchev–Trinajstić information content (AvgIpc) is 3.30. The van der Waals surface area contributed by atoms with Crippen molar-refractivity contribution >= 4 is 29.8 Å².